The summed E-state index contributed by atoms with van der Waals surface area (Å²) in [6.45, 7) is 8.00. The number of piperazine rings is 1. The van der Waals surface area contributed by atoms with E-state index in [4.69, 9.17) is 0 Å². The van der Waals surface area contributed by atoms with Gasteiger partial charge in [0.1, 0.15) is 5.82 Å². The number of anilines is 1. The molecule has 1 aromatic rings. The Morgan fingerprint density at radius 3 is 2.30 bits per heavy atom. The Kier molecular flexibility index (Phi) is 3.18. The summed E-state index contributed by atoms with van der Waals surface area (Å²) in [6.07, 6.45) is 7.91. The predicted molar refractivity (Wildman–Crippen MR) is 81.6 cm³/mol. The van der Waals surface area contributed by atoms with Crippen LogP contribution in [0.5, 0.6) is 0 Å². The van der Waals surface area contributed by atoms with Crippen molar-refractivity contribution in [1.29, 1.82) is 0 Å². The summed E-state index contributed by atoms with van der Waals surface area (Å²) >= 11 is 0. The topological polar surface area (TPSA) is 16.1 Å². The molecule has 1 saturated carbocycles. The lowest BCUT2D eigenvalue weighted by Gasteiger charge is -2.42. The van der Waals surface area contributed by atoms with Crippen LogP contribution in [0.4, 0.5) is 5.82 Å². The van der Waals surface area contributed by atoms with Crippen LogP contribution in [0.2, 0.25) is 0 Å². The minimum Gasteiger partial charge on any atom is -0.345 e. The van der Waals surface area contributed by atoms with Crippen molar-refractivity contribution >= 4 is 5.82 Å². The lowest BCUT2D eigenvalue weighted by atomic mass is 9.82. The van der Waals surface area contributed by atoms with Crippen LogP contribution < -0.4 is 4.90 Å². The van der Waals surface area contributed by atoms with Crippen molar-refractivity contribution in [2.45, 2.75) is 25.7 Å². The van der Waals surface area contributed by atoms with Crippen molar-refractivity contribution in [2.24, 2.45) is 11.8 Å². The molecule has 0 aromatic carbocycles. The quantitative estimate of drug-likeness (QED) is 0.730. The van der Waals surface area contributed by atoms with Crippen LogP contribution in [0.3, 0.4) is 0 Å². The summed E-state index contributed by atoms with van der Waals surface area (Å²) in [5.74, 6) is 3.26. The average molecular weight is 272 g/mol. The van der Waals surface area contributed by atoms with Crippen LogP contribution in [-0.2, 0) is 0 Å². The molecule has 0 amide bonds. The number of fused-ring (bicyclic) bond motifs is 1. The Morgan fingerprint density at radius 1 is 1.00 bits per heavy atom. The molecule has 1 aromatic heterocycles. The van der Waals surface area contributed by atoms with E-state index in [0.29, 0.717) is 0 Å². The molecule has 0 N–H and O–H groups in total. The SMILES string of the molecule is c1ccc(N2CC[N+]3(CC2)CC2CCCCC2C3)nc1. The molecule has 2 saturated heterocycles. The van der Waals surface area contributed by atoms with Gasteiger partial charge >= 0.3 is 0 Å². The minimum atomic E-state index is 1.05. The molecule has 3 heteroatoms. The molecule has 0 bridgehead atoms. The molecule has 3 fully saturated rings. The maximum atomic E-state index is 4.51. The van der Waals surface area contributed by atoms with E-state index in [-0.39, 0.29) is 0 Å². The summed E-state index contributed by atoms with van der Waals surface area (Å²) in [5, 5.41) is 0. The van der Waals surface area contributed by atoms with Crippen molar-refractivity contribution in [3.05, 3.63) is 24.4 Å². The smallest absolute Gasteiger partial charge is 0.128 e. The molecule has 3 heterocycles. The first-order valence-electron chi connectivity index (χ1n) is 8.36. The van der Waals surface area contributed by atoms with E-state index in [1.54, 1.807) is 0 Å². The molecule has 3 nitrogen and oxygen atoms in total. The normalized spacial score (nSPS) is 32.3. The maximum Gasteiger partial charge on any atom is 0.128 e. The first kappa shape index (κ1) is 12.6. The Bertz CT molecular complexity index is 435. The standard InChI is InChI=1S/C17H26N3/c1-2-6-16-14-20(13-15(16)5-1)11-9-19(10-12-20)17-7-3-4-8-18-17/h3-4,7-8,15-16H,1-2,5-6,9-14H2/q+1. The van der Waals surface area contributed by atoms with Gasteiger partial charge in [-0.2, -0.15) is 0 Å². The highest BCUT2D eigenvalue weighted by Gasteiger charge is 2.47. The Balaban J connectivity index is 1.42. The van der Waals surface area contributed by atoms with Gasteiger partial charge in [0.25, 0.3) is 0 Å². The second-order valence-corrected chi connectivity index (χ2v) is 7.13. The lowest BCUT2D eigenvalue weighted by Crippen LogP contribution is -2.58. The van der Waals surface area contributed by atoms with Gasteiger partial charge < -0.3 is 9.38 Å². The fourth-order valence-electron chi connectivity index (χ4n) is 4.86. The monoisotopic (exact) mass is 272 g/mol. The summed E-state index contributed by atoms with van der Waals surface area (Å²) in [7, 11) is 0. The number of nitrogens with zero attached hydrogens (tertiary/aromatic N) is 3. The van der Waals surface area contributed by atoms with Crippen molar-refractivity contribution < 1.29 is 4.48 Å². The zero-order valence-corrected chi connectivity index (χ0v) is 12.4. The molecule has 3 aliphatic rings. The summed E-state index contributed by atoms with van der Waals surface area (Å²) in [4.78, 5) is 6.99. The summed E-state index contributed by atoms with van der Waals surface area (Å²) in [5.41, 5.74) is 0. The molecular weight excluding hydrogens is 246 g/mol. The fraction of sp³-hybridized carbons (Fsp3) is 0.706. The van der Waals surface area contributed by atoms with Gasteiger partial charge in [0.15, 0.2) is 0 Å². The van der Waals surface area contributed by atoms with Crippen LogP contribution in [0.15, 0.2) is 24.4 Å². The van der Waals surface area contributed by atoms with Crippen molar-refractivity contribution in [1.82, 2.24) is 4.98 Å². The second-order valence-electron chi connectivity index (χ2n) is 7.13. The number of pyridine rings is 1. The van der Waals surface area contributed by atoms with Gasteiger partial charge in [-0.3, -0.25) is 0 Å². The van der Waals surface area contributed by atoms with Gasteiger partial charge in [-0.25, -0.2) is 4.98 Å². The number of quaternary nitrogens is 1. The molecule has 4 rings (SSSR count). The molecule has 108 valence electrons. The third-order valence-corrected chi connectivity index (χ3v) is 5.97. The van der Waals surface area contributed by atoms with E-state index in [2.05, 4.69) is 22.0 Å². The first-order valence-corrected chi connectivity index (χ1v) is 8.36. The average Bonchev–Trinajstić information content (AvgIpc) is 2.86. The Hall–Kier alpha value is -1.09. The van der Waals surface area contributed by atoms with Crippen LogP contribution in [0.25, 0.3) is 0 Å². The van der Waals surface area contributed by atoms with E-state index >= 15 is 0 Å². The van der Waals surface area contributed by atoms with E-state index < -0.39 is 0 Å². The molecular formula is C17H26N3+. The highest BCUT2D eigenvalue weighted by Crippen LogP contribution is 2.40. The molecule has 20 heavy (non-hydrogen) atoms. The van der Waals surface area contributed by atoms with Gasteiger partial charge in [-0.15, -0.1) is 0 Å². The van der Waals surface area contributed by atoms with E-state index in [9.17, 15) is 0 Å². The number of hydrogen-bond acceptors (Lipinski definition) is 2. The van der Waals surface area contributed by atoms with Gasteiger partial charge in [0.05, 0.1) is 39.3 Å². The Labute approximate surface area is 122 Å². The molecule has 2 unspecified atom stereocenters. The van der Waals surface area contributed by atoms with Gasteiger partial charge in [-0.1, -0.05) is 18.9 Å². The van der Waals surface area contributed by atoms with E-state index in [0.717, 1.165) is 11.8 Å². The lowest BCUT2D eigenvalue weighted by molar-refractivity contribution is -0.919. The first-order chi connectivity index (χ1) is 9.85. The van der Waals surface area contributed by atoms with Crippen molar-refractivity contribution in [3.8, 4) is 0 Å². The number of rotatable bonds is 1. The second kappa shape index (κ2) is 5.03. The third kappa shape index (κ3) is 2.22. The van der Waals surface area contributed by atoms with Crippen molar-refractivity contribution in [3.63, 3.8) is 0 Å². The number of aromatic nitrogens is 1. The maximum absolute atomic E-state index is 4.51. The summed E-state index contributed by atoms with van der Waals surface area (Å²) < 4.78 is 1.42. The zero-order chi connectivity index (χ0) is 13.4. The molecule has 1 spiro atoms. The van der Waals surface area contributed by atoms with Crippen molar-refractivity contribution in [2.75, 3.05) is 44.2 Å². The van der Waals surface area contributed by atoms with E-state index in [1.807, 2.05) is 12.3 Å². The third-order valence-electron chi connectivity index (χ3n) is 5.97. The van der Waals surface area contributed by atoms with Crippen LogP contribution in [-0.4, -0.2) is 48.7 Å². The van der Waals surface area contributed by atoms with Gasteiger partial charge in [0, 0.05) is 18.0 Å². The molecule has 1 aliphatic carbocycles. The minimum absolute atomic E-state index is 1.05. The molecule has 2 aliphatic heterocycles. The predicted octanol–water partition coefficient (Wildman–Crippen LogP) is 2.54. The fourth-order valence-corrected chi connectivity index (χ4v) is 4.86. The Morgan fingerprint density at radius 2 is 1.70 bits per heavy atom. The van der Waals surface area contributed by atoms with Gasteiger partial charge in [0.2, 0.25) is 0 Å². The molecule has 0 radical (unpaired) electrons. The van der Waals surface area contributed by atoms with Crippen LogP contribution in [0.1, 0.15) is 25.7 Å². The highest BCUT2D eigenvalue weighted by molar-refractivity contribution is 5.37. The van der Waals surface area contributed by atoms with Gasteiger partial charge in [-0.05, 0) is 25.0 Å². The zero-order valence-electron chi connectivity index (χ0n) is 12.4. The van der Waals surface area contributed by atoms with E-state index in [1.165, 1.54) is 75.3 Å². The van der Waals surface area contributed by atoms with Crippen LogP contribution in [0, 0.1) is 11.8 Å². The molecule has 2 atom stereocenters. The summed E-state index contributed by atoms with van der Waals surface area (Å²) in [6, 6.07) is 6.26. The largest absolute Gasteiger partial charge is 0.345 e. The highest BCUT2D eigenvalue weighted by atomic mass is 15.4. The number of hydrogen-bond donors (Lipinski definition) is 0. The van der Waals surface area contributed by atoms with Crippen LogP contribution >= 0.6 is 0 Å².